The van der Waals surface area contributed by atoms with E-state index < -0.39 is 29.2 Å². The number of urea groups is 1. The second kappa shape index (κ2) is 7.43. The molecule has 0 radical (unpaired) electrons. The second-order valence-corrected chi connectivity index (χ2v) is 7.06. The third kappa shape index (κ3) is 4.13. The molecule has 0 spiro atoms. The fraction of sp³-hybridized carbons (Fsp3) is 0.316. The number of anilines is 1. The molecule has 1 fully saturated rings. The van der Waals surface area contributed by atoms with Crippen LogP contribution in [0.15, 0.2) is 35.7 Å². The predicted molar refractivity (Wildman–Crippen MR) is 99.8 cm³/mol. The standard InChI is InChI=1S/C19H17F2N7O/c20-13-5-12(6-14(21)7-13)16-1-4-26-28(16)18(29)27-19(2-3-19)10-23-17-8-15(9-22)24-11-25-17/h4-8,11,16H,1-3,10H2,(H,27,29)(H,23,24,25). The molecule has 29 heavy (non-hydrogen) atoms. The van der Waals surface area contributed by atoms with Gasteiger partial charge in [-0.2, -0.15) is 10.4 Å². The van der Waals surface area contributed by atoms with E-state index in [2.05, 4.69) is 25.7 Å². The normalized spacial score (nSPS) is 18.9. The van der Waals surface area contributed by atoms with E-state index in [-0.39, 0.29) is 5.69 Å². The van der Waals surface area contributed by atoms with Crippen molar-refractivity contribution in [2.24, 2.45) is 5.10 Å². The van der Waals surface area contributed by atoms with E-state index in [4.69, 9.17) is 5.26 Å². The molecule has 1 aromatic carbocycles. The first-order valence-corrected chi connectivity index (χ1v) is 9.04. The number of aromatic nitrogens is 2. The summed E-state index contributed by atoms with van der Waals surface area (Å²) in [7, 11) is 0. The van der Waals surface area contributed by atoms with E-state index in [9.17, 15) is 13.6 Å². The van der Waals surface area contributed by atoms with Crippen LogP contribution in [-0.2, 0) is 0 Å². The molecule has 148 valence electrons. The van der Waals surface area contributed by atoms with Crippen LogP contribution in [0.4, 0.5) is 19.4 Å². The van der Waals surface area contributed by atoms with Crippen LogP contribution < -0.4 is 10.6 Å². The summed E-state index contributed by atoms with van der Waals surface area (Å²) in [5, 5.41) is 20.3. The first kappa shape index (κ1) is 18.7. The van der Waals surface area contributed by atoms with E-state index in [1.807, 2.05) is 6.07 Å². The largest absolute Gasteiger partial charge is 0.368 e. The minimum atomic E-state index is -0.697. The Hall–Kier alpha value is -3.61. The lowest BCUT2D eigenvalue weighted by Gasteiger charge is -2.26. The Labute approximate surface area is 165 Å². The number of nitriles is 1. The summed E-state index contributed by atoms with van der Waals surface area (Å²) in [4.78, 5) is 20.6. The second-order valence-electron chi connectivity index (χ2n) is 7.06. The molecule has 1 aliphatic carbocycles. The zero-order valence-corrected chi connectivity index (χ0v) is 15.3. The summed E-state index contributed by atoms with van der Waals surface area (Å²) in [5.41, 5.74) is 0.126. The summed E-state index contributed by atoms with van der Waals surface area (Å²) in [6, 6.07) is 5.67. The third-order valence-corrected chi connectivity index (χ3v) is 4.92. The van der Waals surface area contributed by atoms with Gasteiger partial charge in [0, 0.05) is 31.3 Å². The highest BCUT2D eigenvalue weighted by Gasteiger charge is 2.45. The van der Waals surface area contributed by atoms with Crippen molar-refractivity contribution in [3.63, 3.8) is 0 Å². The molecule has 0 bridgehead atoms. The van der Waals surface area contributed by atoms with Crippen LogP contribution in [-0.4, -0.2) is 39.3 Å². The third-order valence-electron chi connectivity index (χ3n) is 4.92. The number of carbonyl (C=O) groups excluding carboxylic acids is 1. The van der Waals surface area contributed by atoms with Crippen molar-refractivity contribution in [3.8, 4) is 6.07 Å². The van der Waals surface area contributed by atoms with Crippen LogP contribution in [0.5, 0.6) is 0 Å². The number of hydrazone groups is 1. The van der Waals surface area contributed by atoms with Crippen molar-refractivity contribution < 1.29 is 13.6 Å². The lowest BCUT2D eigenvalue weighted by atomic mass is 10.0. The number of hydrogen-bond acceptors (Lipinski definition) is 6. The van der Waals surface area contributed by atoms with Crippen molar-refractivity contribution in [3.05, 3.63) is 53.5 Å². The summed E-state index contributed by atoms with van der Waals surface area (Å²) < 4.78 is 27.1. The molecule has 2 aromatic rings. The maximum absolute atomic E-state index is 13.6. The maximum atomic E-state index is 13.6. The molecule has 1 atom stereocenters. The van der Waals surface area contributed by atoms with E-state index in [1.165, 1.54) is 29.5 Å². The van der Waals surface area contributed by atoms with E-state index in [0.717, 1.165) is 18.9 Å². The van der Waals surface area contributed by atoms with Crippen molar-refractivity contribution >= 4 is 18.1 Å². The molecule has 1 saturated carbocycles. The van der Waals surface area contributed by atoms with Crippen LogP contribution in [0, 0.1) is 23.0 Å². The van der Waals surface area contributed by atoms with Gasteiger partial charge in [-0.25, -0.2) is 28.6 Å². The maximum Gasteiger partial charge on any atom is 0.338 e. The molecule has 8 nitrogen and oxygen atoms in total. The molecule has 2 N–H and O–H groups in total. The number of halogens is 2. The first-order valence-electron chi connectivity index (χ1n) is 9.04. The summed E-state index contributed by atoms with van der Waals surface area (Å²) in [6.07, 6.45) is 4.74. The Morgan fingerprint density at radius 3 is 2.69 bits per heavy atom. The Balaban J connectivity index is 1.41. The van der Waals surface area contributed by atoms with Crippen molar-refractivity contribution in [2.75, 3.05) is 11.9 Å². The Kier molecular flexibility index (Phi) is 4.80. The smallest absolute Gasteiger partial charge is 0.338 e. The quantitative estimate of drug-likeness (QED) is 0.807. The van der Waals surface area contributed by atoms with Gasteiger partial charge in [-0.05, 0) is 30.5 Å². The number of benzene rings is 1. The van der Waals surface area contributed by atoms with E-state index >= 15 is 0 Å². The Morgan fingerprint density at radius 2 is 2.00 bits per heavy atom. The lowest BCUT2D eigenvalue weighted by Crippen LogP contribution is -2.47. The first-order chi connectivity index (χ1) is 14.0. The molecule has 1 aromatic heterocycles. The van der Waals surface area contributed by atoms with Crippen LogP contribution in [0.1, 0.15) is 36.6 Å². The van der Waals surface area contributed by atoms with Gasteiger partial charge in [-0.1, -0.05) is 0 Å². The Bertz CT molecular complexity index is 996. The number of carbonyl (C=O) groups is 1. The summed E-state index contributed by atoms with van der Waals surface area (Å²) in [6.45, 7) is 0.414. The molecule has 0 saturated heterocycles. The van der Waals surface area contributed by atoms with Crippen LogP contribution in [0.2, 0.25) is 0 Å². The zero-order valence-electron chi connectivity index (χ0n) is 15.3. The molecular formula is C19H17F2N7O. The molecule has 4 rings (SSSR count). The van der Waals surface area contributed by atoms with Gasteiger partial charge in [0.15, 0.2) is 0 Å². The predicted octanol–water partition coefficient (Wildman–Crippen LogP) is 2.71. The van der Waals surface area contributed by atoms with Crippen molar-refractivity contribution in [2.45, 2.75) is 30.8 Å². The summed E-state index contributed by atoms with van der Waals surface area (Å²) in [5.74, 6) is -0.905. The molecular weight excluding hydrogens is 380 g/mol. The fourth-order valence-electron chi connectivity index (χ4n) is 3.21. The molecule has 10 heteroatoms. The number of nitrogens with one attached hydrogen (secondary N) is 2. The summed E-state index contributed by atoms with van der Waals surface area (Å²) >= 11 is 0. The van der Waals surface area contributed by atoms with Gasteiger partial charge < -0.3 is 10.6 Å². The van der Waals surface area contributed by atoms with Crippen molar-refractivity contribution in [1.82, 2.24) is 20.3 Å². The van der Waals surface area contributed by atoms with Gasteiger partial charge in [-0.15, -0.1) is 0 Å². The fourth-order valence-corrected chi connectivity index (χ4v) is 3.21. The number of amides is 2. The lowest BCUT2D eigenvalue weighted by molar-refractivity contribution is 0.181. The van der Waals surface area contributed by atoms with Crippen LogP contribution in [0.3, 0.4) is 0 Å². The average molecular weight is 397 g/mol. The highest BCUT2D eigenvalue weighted by atomic mass is 19.1. The molecule has 2 amide bonds. The van der Waals surface area contributed by atoms with E-state index in [1.54, 1.807) is 6.21 Å². The van der Waals surface area contributed by atoms with Gasteiger partial charge in [-0.3, -0.25) is 0 Å². The minimum Gasteiger partial charge on any atom is -0.368 e. The number of rotatable bonds is 5. The van der Waals surface area contributed by atoms with Crippen LogP contribution >= 0.6 is 0 Å². The van der Waals surface area contributed by atoms with Crippen molar-refractivity contribution in [1.29, 1.82) is 5.26 Å². The molecule has 1 unspecified atom stereocenters. The SMILES string of the molecule is N#Cc1cc(NCC2(NC(=O)N3N=CCC3c3cc(F)cc(F)c3)CC2)ncn1. The zero-order chi connectivity index (χ0) is 20.4. The van der Waals surface area contributed by atoms with Gasteiger partial charge in [0.2, 0.25) is 0 Å². The van der Waals surface area contributed by atoms with Gasteiger partial charge in [0.25, 0.3) is 0 Å². The monoisotopic (exact) mass is 397 g/mol. The highest BCUT2D eigenvalue weighted by molar-refractivity contribution is 5.79. The average Bonchev–Trinajstić information content (AvgIpc) is 3.27. The molecule has 1 aliphatic heterocycles. The number of nitrogens with zero attached hydrogens (tertiary/aromatic N) is 5. The number of hydrogen-bond donors (Lipinski definition) is 2. The van der Waals surface area contributed by atoms with Crippen LogP contribution in [0.25, 0.3) is 0 Å². The van der Waals surface area contributed by atoms with Gasteiger partial charge in [0.1, 0.15) is 35.5 Å². The van der Waals surface area contributed by atoms with Gasteiger partial charge >= 0.3 is 6.03 Å². The highest BCUT2D eigenvalue weighted by Crippen LogP contribution is 2.37. The molecule has 2 heterocycles. The minimum absolute atomic E-state index is 0.243. The van der Waals surface area contributed by atoms with E-state index in [0.29, 0.717) is 24.3 Å². The topological polar surface area (TPSA) is 106 Å². The Morgan fingerprint density at radius 1 is 1.24 bits per heavy atom. The van der Waals surface area contributed by atoms with Gasteiger partial charge in [0.05, 0.1) is 11.6 Å². The molecule has 2 aliphatic rings.